The molecule has 3 fully saturated rings. The fourth-order valence-electron chi connectivity index (χ4n) is 5.24. The van der Waals surface area contributed by atoms with Crippen LogP contribution in [0, 0.1) is 16.7 Å². The molecule has 16 heavy (non-hydrogen) atoms. The number of hydrogen-bond acceptors (Lipinski definition) is 2. The maximum atomic E-state index is 6.08. The molecule has 1 saturated heterocycles. The van der Waals surface area contributed by atoms with Crippen LogP contribution in [0.3, 0.4) is 0 Å². The second-order valence-corrected chi connectivity index (χ2v) is 7.36. The Kier molecular flexibility index (Phi) is 2.23. The molecule has 4 unspecified atom stereocenters. The van der Waals surface area contributed by atoms with Gasteiger partial charge in [-0.15, -0.1) is 0 Å². The van der Waals surface area contributed by atoms with Gasteiger partial charge in [0.1, 0.15) is 0 Å². The van der Waals surface area contributed by atoms with E-state index in [9.17, 15) is 0 Å². The normalized spacial score (nSPS) is 51.4. The maximum absolute atomic E-state index is 6.08. The van der Waals surface area contributed by atoms with Crippen LogP contribution < -0.4 is 5.73 Å². The van der Waals surface area contributed by atoms with E-state index >= 15 is 0 Å². The summed E-state index contributed by atoms with van der Waals surface area (Å²) in [5, 5.41) is 0. The first-order valence-corrected chi connectivity index (χ1v) is 6.93. The third-order valence-corrected chi connectivity index (χ3v) is 5.81. The van der Waals surface area contributed by atoms with Crippen LogP contribution in [0.15, 0.2) is 0 Å². The first-order chi connectivity index (χ1) is 7.43. The summed E-state index contributed by atoms with van der Waals surface area (Å²) in [5.74, 6) is 0.958. The quantitative estimate of drug-likeness (QED) is 0.737. The molecule has 0 aromatic heterocycles. The zero-order valence-electron chi connectivity index (χ0n) is 11.0. The number of fused-ring (bicyclic) bond motifs is 2. The Labute approximate surface area is 99.6 Å². The van der Waals surface area contributed by atoms with Crippen molar-refractivity contribution in [2.45, 2.75) is 58.5 Å². The van der Waals surface area contributed by atoms with E-state index < -0.39 is 0 Å². The van der Waals surface area contributed by atoms with Crippen LogP contribution in [0.5, 0.6) is 0 Å². The Hall–Kier alpha value is -0.0800. The van der Waals surface area contributed by atoms with Gasteiger partial charge in [-0.1, -0.05) is 20.8 Å². The first-order valence-electron chi connectivity index (χ1n) is 6.93. The molecule has 0 amide bonds. The van der Waals surface area contributed by atoms with Crippen molar-refractivity contribution >= 4 is 0 Å². The lowest BCUT2D eigenvalue weighted by Gasteiger charge is -2.47. The van der Waals surface area contributed by atoms with Crippen LogP contribution >= 0.6 is 0 Å². The zero-order chi connectivity index (χ0) is 11.6. The molecule has 1 heterocycles. The van der Waals surface area contributed by atoms with Crippen molar-refractivity contribution in [1.29, 1.82) is 0 Å². The van der Waals surface area contributed by atoms with E-state index in [1.54, 1.807) is 0 Å². The molecule has 4 atom stereocenters. The van der Waals surface area contributed by atoms with E-state index in [0.717, 1.165) is 18.5 Å². The van der Waals surface area contributed by atoms with Crippen LogP contribution in [-0.4, -0.2) is 30.1 Å². The first kappa shape index (κ1) is 11.0. The fraction of sp³-hybridized carbons (Fsp3) is 1.00. The standard InChI is InChI=1S/C14H26N2/c1-13(2)10-4-6-14(3,8-10)12(13)16-7-5-11(15)9-16/h10-12H,4-9,15H2,1-3H3. The molecule has 0 aromatic carbocycles. The van der Waals surface area contributed by atoms with Crippen molar-refractivity contribution in [2.75, 3.05) is 13.1 Å². The van der Waals surface area contributed by atoms with Gasteiger partial charge in [-0.25, -0.2) is 0 Å². The van der Waals surface area contributed by atoms with E-state index in [-0.39, 0.29) is 0 Å². The summed E-state index contributed by atoms with van der Waals surface area (Å²) >= 11 is 0. The highest BCUT2D eigenvalue weighted by atomic mass is 15.2. The van der Waals surface area contributed by atoms with Crippen molar-refractivity contribution in [2.24, 2.45) is 22.5 Å². The monoisotopic (exact) mass is 222 g/mol. The maximum Gasteiger partial charge on any atom is 0.0204 e. The summed E-state index contributed by atoms with van der Waals surface area (Å²) in [5.41, 5.74) is 7.17. The van der Waals surface area contributed by atoms with Crippen LogP contribution in [0.25, 0.3) is 0 Å². The average Bonchev–Trinajstić information content (AvgIpc) is 2.77. The Balaban J connectivity index is 1.88. The summed E-state index contributed by atoms with van der Waals surface area (Å²) in [6, 6.07) is 1.21. The van der Waals surface area contributed by atoms with Gasteiger partial charge in [-0.05, 0) is 42.4 Å². The second kappa shape index (κ2) is 3.23. The van der Waals surface area contributed by atoms with Gasteiger partial charge in [0.25, 0.3) is 0 Å². The molecule has 0 spiro atoms. The summed E-state index contributed by atoms with van der Waals surface area (Å²) in [4.78, 5) is 2.71. The molecule has 3 aliphatic rings. The van der Waals surface area contributed by atoms with Gasteiger partial charge in [0, 0.05) is 25.2 Å². The minimum absolute atomic E-state index is 0.429. The molecule has 2 saturated carbocycles. The molecule has 1 aliphatic heterocycles. The summed E-state index contributed by atoms with van der Waals surface area (Å²) in [6.45, 7) is 9.89. The van der Waals surface area contributed by atoms with Gasteiger partial charge in [-0.2, -0.15) is 0 Å². The third-order valence-electron chi connectivity index (χ3n) is 5.81. The molecular formula is C14H26N2. The van der Waals surface area contributed by atoms with E-state index in [0.29, 0.717) is 16.9 Å². The summed E-state index contributed by atoms with van der Waals surface area (Å²) in [6.07, 6.45) is 5.56. The highest BCUT2D eigenvalue weighted by molar-refractivity contribution is 5.13. The molecule has 0 aromatic rings. The van der Waals surface area contributed by atoms with Crippen molar-refractivity contribution in [3.63, 3.8) is 0 Å². The van der Waals surface area contributed by atoms with E-state index in [2.05, 4.69) is 25.7 Å². The number of rotatable bonds is 1. The summed E-state index contributed by atoms with van der Waals surface area (Å²) in [7, 11) is 0. The molecule has 2 nitrogen and oxygen atoms in total. The highest BCUT2D eigenvalue weighted by Crippen LogP contribution is 2.64. The van der Waals surface area contributed by atoms with Gasteiger partial charge in [0.05, 0.1) is 0 Å². The molecule has 92 valence electrons. The smallest absolute Gasteiger partial charge is 0.0204 e. The number of nitrogens with two attached hydrogens (primary N) is 1. The van der Waals surface area contributed by atoms with Crippen LogP contribution in [0.1, 0.15) is 46.5 Å². The van der Waals surface area contributed by atoms with Gasteiger partial charge >= 0.3 is 0 Å². The van der Waals surface area contributed by atoms with Crippen molar-refractivity contribution in [3.8, 4) is 0 Å². The van der Waals surface area contributed by atoms with Crippen LogP contribution in [0.4, 0.5) is 0 Å². The minimum atomic E-state index is 0.429. The molecule has 2 bridgehead atoms. The van der Waals surface area contributed by atoms with E-state index in [4.69, 9.17) is 5.73 Å². The molecular weight excluding hydrogens is 196 g/mol. The SMILES string of the molecule is CC12CCC(C1)C(C)(C)C2N1CCC(N)C1. The predicted octanol–water partition coefficient (Wildman–Crippen LogP) is 2.23. The topological polar surface area (TPSA) is 29.3 Å². The summed E-state index contributed by atoms with van der Waals surface area (Å²) < 4.78 is 0. The van der Waals surface area contributed by atoms with Crippen molar-refractivity contribution < 1.29 is 0 Å². The lowest BCUT2D eigenvalue weighted by atomic mass is 9.68. The average molecular weight is 222 g/mol. The lowest BCUT2D eigenvalue weighted by molar-refractivity contribution is 0.0174. The Morgan fingerprint density at radius 2 is 1.94 bits per heavy atom. The Morgan fingerprint density at radius 1 is 1.19 bits per heavy atom. The van der Waals surface area contributed by atoms with Gasteiger partial charge in [0.2, 0.25) is 0 Å². The number of hydrogen-bond donors (Lipinski definition) is 1. The van der Waals surface area contributed by atoms with Gasteiger partial charge < -0.3 is 5.73 Å². The predicted molar refractivity (Wildman–Crippen MR) is 67.2 cm³/mol. The van der Waals surface area contributed by atoms with Gasteiger partial charge in [0.15, 0.2) is 0 Å². The number of likely N-dealkylation sites (tertiary alicyclic amines) is 1. The number of nitrogens with zero attached hydrogens (tertiary/aromatic N) is 1. The minimum Gasteiger partial charge on any atom is -0.326 e. The second-order valence-electron chi connectivity index (χ2n) is 7.36. The molecule has 2 heteroatoms. The Bertz CT molecular complexity index is 294. The highest BCUT2D eigenvalue weighted by Gasteiger charge is 2.61. The molecule has 2 N–H and O–H groups in total. The largest absolute Gasteiger partial charge is 0.326 e. The van der Waals surface area contributed by atoms with Crippen LogP contribution in [0.2, 0.25) is 0 Å². The molecule has 2 aliphatic carbocycles. The van der Waals surface area contributed by atoms with E-state index in [1.165, 1.54) is 32.2 Å². The Morgan fingerprint density at radius 3 is 2.44 bits per heavy atom. The van der Waals surface area contributed by atoms with E-state index in [1.807, 2.05) is 0 Å². The van der Waals surface area contributed by atoms with Crippen LogP contribution in [-0.2, 0) is 0 Å². The fourth-order valence-corrected chi connectivity index (χ4v) is 5.24. The zero-order valence-corrected chi connectivity index (χ0v) is 11.0. The van der Waals surface area contributed by atoms with Crippen molar-refractivity contribution in [1.82, 2.24) is 4.90 Å². The molecule has 3 rings (SSSR count). The van der Waals surface area contributed by atoms with Gasteiger partial charge in [-0.3, -0.25) is 4.90 Å². The molecule has 0 radical (unpaired) electrons. The lowest BCUT2D eigenvalue weighted by Crippen LogP contribution is -2.52. The van der Waals surface area contributed by atoms with Crippen molar-refractivity contribution in [3.05, 3.63) is 0 Å². The third kappa shape index (κ3) is 1.32.